The van der Waals surface area contributed by atoms with Gasteiger partial charge in [-0.15, -0.1) is 0 Å². The van der Waals surface area contributed by atoms with E-state index < -0.39 is 4.96 Å². The lowest BCUT2D eigenvalue weighted by Gasteiger charge is -1.79. The fourth-order valence-electron chi connectivity index (χ4n) is 0.131. The smallest absolute Gasteiger partial charge is 0.205 e. The molecule has 0 amide bonds. The van der Waals surface area contributed by atoms with Gasteiger partial charge < -0.3 is 0 Å². The van der Waals surface area contributed by atoms with Crippen molar-refractivity contribution < 1.29 is 0 Å². The second kappa shape index (κ2) is 4.20. The molecule has 0 aromatic heterocycles. The molecule has 3 heteroatoms. The maximum absolute atomic E-state index is 5.17. The number of hydrogen-bond donors (Lipinski definition) is 0. The van der Waals surface area contributed by atoms with E-state index in [1.165, 1.54) is 0 Å². The van der Waals surface area contributed by atoms with E-state index in [0.29, 0.717) is 0 Å². The van der Waals surface area contributed by atoms with Gasteiger partial charge in [0.1, 0.15) is 0 Å². The van der Waals surface area contributed by atoms with Crippen molar-refractivity contribution in [1.82, 2.24) is 0 Å². The van der Waals surface area contributed by atoms with Crippen LogP contribution in [0.5, 0.6) is 0 Å². The van der Waals surface area contributed by atoms with Gasteiger partial charge in [0.15, 0.2) is 0 Å². The maximum atomic E-state index is 5.17. The van der Waals surface area contributed by atoms with Crippen LogP contribution in [-0.4, -0.2) is 10.8 Å². The van der Waals surface area contributed by atoms with Crippen molar-refractivity contribution in [2.24, 2.45) is 4.99 Å². The number of aliphatic imine (C=N–C) groups is 1. The molecule has 1 nitrogen and oxygen atoms in total. The van der Waals surface area contributed by atoms with E-state index in [1.807, 2.05) is 0 Å². The molecule has 0 unspecified atom stereocenters. The van der Waals surface area contributed by atoms with E-state index in [9.17, 15) is 0 Å². The van der Waals surface area contributed by atoms with Crippen LogP contribution in [0.25, 0.3) is 0 Å². The minimum absolute atomic E-state index is 0.670. The van der Waals surface area contributed by atoms with Crippen molar-refractivity contribution in [3.05, 3.63) is 6.08 Å². The number of hydrogen-bond acceptors (Lipinski definition) is 1. The Hall–Kier alpha value is 0.0300. The Bertz CT molecular complexity index is 91.9. The lowest BCUT2D eigenvalue weighted by atomic mass is 10.7. The van der Waals surface area contributed by atoms with Crippen molar-refractivity contribution in [3.63, 3.8) is 0 Å². The second-order valence-corrected chi connectivity index (χ2v) is 1.87. The van der Waals surface area contributed by atoms with Crippen LogP contribution in [0.1, 0.15) is 6.92 Å². The molecule has 0 fully saturated rings. The Balaban J connectivity index is 3.46. The van der Waals surface area contributed by atoms with Crippen LogP contribution in [0.3, 0.4) is 0 Å². The predicted molar refractivity (Wildman–Crippen MR) is 33.2 cm³/mol. The van der Waals surface area contributed by atoms with Crippen molar-refractivity contribution in [1.29, 1.82) is 0 Å². The Labute approximate surface area is 52.6 Å². The van der Waals surface area contributed by atoms with Crippen molar-refractivity contribution >= 4 is 29.1 Å². The van der Waals surface area contributed by atoms with Gasteiger partial charge in [-0.25, -0.2) is 4.99 Å². The summed E-state index contributed by atoms with van der Waals surface area (Å²) < 4.78 is 0. The first-order chi connectivity index (χ1) is 3.27. The normalized spacial score (nSPS) is 8.00. The van der Waals surface area contributed by atoms with Crippen LogP contribution in [0, 0.1) is 0 Å². The molecule has 0 bridgehead atoms. The number of rotatable bonds is 1. The summed E-state index contributed by atoms with van der Waals surface area (Å²) in [6, 6.07) is 0. The van der Waals surface area contributed by atoms with Crippen LogP contribution in [0.15, 0.2) is 11.1 Å². The SMILES string of the molecule is CC=C=NC(Cl)Cl. The molecule has 0 rings (SSSR count). The molecule has 0 aliphatic heterocycles. The van der Waals surface area contributed by atoms with E-state index >= 15 is 0 Å². The Kier molecular flexibility index (Phi) is 4.21. The van der Waals surface area contributed by atoms with Gasteiger partial charge in [0.05, 0.1) is 0 Å². The zero-order chi connectivity index (χ0) is 5.70. The summed E-state index contributed by atoms with van der Waals surface area (Å²) in [6.45, 7) is 1.79. The molecule has 0 atom stereocenters. The fraction of sp³-hybridized carbons (Fsp3) is 0.500. The highest BCUT2D eigenvalue weighted by Crippen LogP contribution is 1.99. The minimum atomic E-state index is -0.670. The first kappa shape index (κ1) is 7.03. The third-order valence-corrected chi connectivity index (χ3v) is 0.496. The highest BCUT2D eigenvalue weighted by Gasteiger charge is 1.84. The molecule has 7 heavy (non-hydrogen) atoms. The first-order valence-electron chi connectivity index (χ1n) is 1.78. The van der Waals surface area contributed by atoms with Gasteiger partial charge in [0.25, 0.3) is 0 Å². The van der Waals surface area contributed by atoms with Gasteiger partial charge in [0, 0.05) is 0 Å². The lowest BCUT2D eigenvalue weighted by Crippen LogP contribution is -1.72. The fourth-order valence-corrected chi connectivity index (χ4v) is 0.244. The molecule has 0 saturated carbocycles. The van der Waals surface area contributed by atoms with E-state index in [2.05, 4.69) is 10.9 Å². The molecule has 0 aliphatic rings. The Morgan fingerprint density at radius 1 is 1.71 bits per heavy atom. The summed E-state index contributed by atoms with van der Waals surface area (Å²) in [6.07, 6.45) is 1.64. The standard InChI is InChI=1S/C4H5Cl2N/c1-2-3-7-4(5)6/h2,4H,1H3. The van der Waals surface area contributed by atoms with Gasteiger partial charge in [-0.05, 0) is 18.9 Å². The molecule has 0 spiro atoms. The van der Waals surface area contributed by atoms with E-state index in [-0.39, 0.29) is 0 Å². The molecule has 0 N–H and O–H groups in total. The highest BCUT2D eigenvalue weighted by atomic mass is 35.5. The van der Waals surface area contributed by atoms with E-state index in [1.54, 1.807) is 13.0 Å². The first-order valence-corrected chi connectivity index (χ1v) is 2.66. The topological polar surface area (TPSA) is 12.4 Å². The average Bonchev–Trinajstić information content (AvgIpc) is 1.61. The molecule has 0 radical (unpaired) electrons. The summed E-state index contributed by atoms with van der Waals surface area (Å²) in [7, 11) is 0. The molecular weight excluding hydrogens is 133 g/mol. The summed E-state index contributed by atoms with van der Waals surface area (Å²) in [4.78, 5) is 2.80. The van der Waals surface area contributed by atoms with Gasteiger partial charge in [-0.2, -0.15) is 0 Å². The third kappa shape index (κ3) is 6.03. The molecule has 0 heterocycles. The van der Waals surface area contributed by atoms with Crippen molar-refractivity contribution in [2.45, 2.75) is 11.9 Å². The zero-order valence-electron chi connectivity index (χ0n) is 3.86. The van der Waals surface area contributed by atoms with Crippen LogP contribution in [0.4, 0.5) is 0 Å². The molecule has 0 aliphatic carbocycles. The highest BCUT2D eigenvalue weighted by molar-refractivity contribution is 6.44. The van der Waals surface area contributed by atoms with Gasteiger partial charge >= 0.3 is 0 Å². The van der Waals surface area contributed by atoms with Crippen molar-refractivity contribution in [2.75, 3.05) is 0 Å². The second-order valence-electron chi connectivity index (χ2n) is 0.825. The Morgan fingerprint density at radius 3 is 2.43 bits per heavy atom. The molecule has 0 saturated heterocycles. The monoisotopic (exact) mass is 137 g/mol. The van der Waals surface area contributed by atoms with Crippen LogP contribution < -0.4 is 0 Å². The van der Waals surface area contributed by atoms with Crippen molar-refractivity contribution in [3.8, 4) is 0 Å². The summed E-state index contributed by atoms with van der Waals surface area (Å²) in [5.41, 5.74) is 0. The summed E-state index contributed by atoms with van der Waals surface area (Å²) in [5, 5.41) is 0. The number of allylic oxidation sites excluding steroid dienone is 1. The van der Waals surface area contributed by atoms with Crippen LogP contribution in [0.2, 0.25) is 0 Å². The van der Waals surface area contributed by atoms with Gasteiger partial charge in [-0.3, -0.25) is 0 Å². The van der Waals surface area contributed by atoms with E-state index in [4.69, 9.17) is 23.2 Å². The number of alkyl halides is 2. The number of nitrogens with zero attached hydrogens (tertiary/aromatic N) is 1. The Morgan fingerprint density at radius 2 is 2.29 bits per heavy atom. The van der Waals surface area contributed by atoms with E-state index in [0.717, 1.165) is 0 Å². The van der Waals surface area contributed by atoms with Gasteiger partial charge in [0.2, 0.25) is 4.96 Å². The summed E-state index contributed by atoms with van der Waals surface area (Å²) in [5.74, 6) is 2.48. The minimum Gasteiger partial charge on any atom is -0.207 e. The maximum Gasteiger partial charge on any atom is 0.205 e. The number of halogens is 2. The van der Waals surface area contributed by atoms with Crippen LogP contribution in [-0.2, 0) is 0 Å². The lowest BCUT2D eigenvalue weighted by molar-refractivity contribution is 1.29. The van der Waals surface area contributed by atoms with Crippen LogP contribution >= 0.6 is 23.2 Å². The quantitative estimate of drug-likeness (QED) is 0.298. The average molecular weight is 138 g/mol. The summed E-state index contributed by atoms with van der Waals surface area (Å²) >= 11 is 10.3. The molecule has 40 valence electrons. The molecule has 0 aromatic carbocycles. The zero-order valence-corrected chi connectivity index (χ0v) is 5.37. The van der Waals surface area contributed by atoms with Gasteiger partial charge in [-0.1, -0.05) is 23.2 Å². The largest absolute Gasteiger partial charge is 0.207 e. The predicted octanol–water partition coefficient (Wildman–Crippen LogP) is 1.99. The molecular formula is C4H5Cl2N. The third-order valence-electron chi connectivity index (χ3n) is 0.301. The molecule has 0 aromatic rings.